The van der Waals surface area contributed by atoms with Crippen molar-refractivity contribution in [3.8, 4) is 0 Å². The van der Waals surface area contributed by atoms with E-state index >= 15 is 0 Å². The lowest BCUT2D eigenvalue weighted by Gasteiger charge is -2.34. The molecule has 2 aromatic carbocycles. The Morgan fingerprint density at radius 3 is 2.09 bits per heavy atom. The van der Waals surface area contributed by atoms with Crippen LogP contribution < -0.4 is 5.32 Å². The van der Waals surface area contributed by atoms with Crippen LogP contribution in [-0.4, -0.2) is 62.2 Å². The third kappa shape index (κ3) is 6.65. The smallest absolute Gasteiger partial charge is 0.243 e. The molecule has 1 aliphatic heterocycles. The number of sulfonamides is 1. The first kappa shape index (κ1) is 24.9. The van der Waals surface area contributed by atoms with Crippen molar-refractivity contribution in [3.63, 3.8) is 0 Å². The SMILES string of the molecule is CC(C)(C)c1ccc(S(=O)(=O)N2CCN(C(=O)CCNC(=O)Cc3ccccc3)CC2)cc1. The van der Waals surface area contributed by atoms with E-state index in [0.29, 0.717) is 13.1 Å². The Balaban J connectivity index is 1.45. The highest BCUT2D eigenvalue weighted by Crippen LogP contribution is 2.25. The number of hydrogen-bond donors (Lipinski definition) is 1. The van der Waals surface area contributed by atoms with Crippen LogP contribution in [0.15, 0.2) is 59.5 Å². The number of benzene rings is 2. The highest BCUT2D eigenvalue weighted by atomic mass is 32.2. The van der Waals surface area contributed by atoms with Gasteiger partial charge in [0.15, 0.2) is 0 Å². The number of carbonyl (C=O) groups excluding carboxylic acids is 2. The summed E-state index contributed by atoms with van der Waals surface area (Å²) < 4.78 is 27.4. The first-order valence-electron chi connectivity index (χ1n) is 11.3. The standard InChI is InChI=1S/C25H33N3O4S/c1-25(2,3)21-9-11-22(12-10-21)33(31,32)28-17-15-27(16-18-28)24(30)13-14-26-23(29)19-20-7-5-4-6-8-20/h4-12H,13-19H2,1-3H3,(H,26,29). The number of rotatable bonds is 7. The van der Waals surface area contributed by atoms with Crippen LogP contribution in [0.1, 0.15) is 38.3 Å². The predicted octanol–water partition coefficient (Wildman–Crippen LogP) is 2.57. The number of nitrogens with zero attached hydrogens (tertiary/aromatic N) is 2. The Morgan fingerprint density at radius 2 is 1.52 bits per heavy atom. The van der Waals surface area contributed by atoms with Crippen molar-refractivity contribution in [1.82, 2.24) is 14.5 Å². The van der Waals surface area contributed by atoms with Gasteiger partial charge in [-0.05, 0) is 28.7 Å². The van der Waals surface area contributed by atoms with Gasteiger partial charge in [0.2, 0.25) is 21.8 Å². The van der Waals surface area contributed by atoms with Gasteiger partial charge >= 0.3 is 0 Å². The fourth-order valence-corrected chi connectivity index (χ4v) is 5.19. The molecule has 2 amide bonds. The van der Waals surface area contributed by atoms with Crippen molar-refractivity contribution in [3.05, 3.63) is 65.7 Å². The molecule has 2 aromatic rings. The lowest BCUT2D eigenvalue weighted by atomic mass is 9.87. The summed E-state index contributed by atoms with van der Waals surface area (Å²) in [5.41, 5.74) is 1.95. The first-order valence-corrected chi connectivity index (χ1v) is 12.7. The molecule has 0 unspecified atom stereocenters. The largest absolute Gasteiger partial charge is 0.355 e. The molecule has 0 aliphatic carbocycles. The Morgan fingerprint density at radius 1 is 0.909 bits per heavy atom. The number of hydrogen-bond acceptors (Lipinski definition) is 4. The molecule has 0 aromatic heterocycles. The summed E-state index contributed by atoms with van der Waals surface area (Å²) in [6, 6.07) is 16.5. The number of nitrogens with one attached hydrogen (secondary N) is 1. The number of amides is 2. The van der Waals surface area contributed by atoms with Gasteiger partial charge in [0, 0.05) is 39.1 Å². The van der Waals surface area contributed by atoms with E-state index in [1.54, 1.807) is 17.0 Å². The zero-order valence-electron chi connectivity index (χ0n) is 19.6. The van der Waals surface area contributed by atoms with Gasteiger partial charge < -0.3 is 10.2 Å². The molecule has 33 heavy (non-hydrogen) atoms. The summed E-state index contributed by atoms with van der Waals surface area (Å²) in [7, 11) is -3.59. The lowest BCUT2D eigenvalue weighted by molar-refractivity contribution is -0.132. The second-order valence-corrected chi connectivity index (χ2v) is 11.3. The van der Waals surface area contributed by atoms with Gasteiger partial charge in [0.05, 0.1) is 11.3 Å². The normalized spacial score (nSPS) is 15.3. The zero-order chi connectivity index (χ0) is 24.1. The molecule has 0 atom stereocenters. The van der Waals surface area contributed by atoms with Crippen molar-refractivity contribution >= 4 is 21.8 Å². The fraction of sp³-hybridized carbons (Fsp3) is 0.440. The van der Waals surface area contributed by atoms with Crippen LogP contribution in [0.3, 0.4) is 0 Å². The van der Waals surface area contributed by atoms with Gasteiger partial charge in [-0.1, -0.05) is 63.2 Å². The summed E-state index contributed by atoms with van der Waals surface area (Å²) in [4.78, 5) is 26.5. The molecule has 1 aliphatic rings. The van der Waals surface area contributed by atoms with Crippen molar-refractivity contribution < 1.29 is 18.0 Å². The third-order valence-corrected chi connectivity index (χ3v) is 7.73. The fourth-order valence-electron chi connectivity index (χ4n) is 3.76. The average molecular weight is 472 g/mol. The molecule has 0 radical (unpaired) electrons. The molecule has 178 valence electrons. The van der Waals surface area contributed by atoms with E-state index in [0.717, 1.165) is 11.1 Å². The highest BCUT2D eigenvalue weighted by Gasteiger charge is 2.30. The second-order valence-electron chi connectivity index (χ2n) is 9.32. The van der Waals surface area contributed by atoms with Gasteiger partial charge in [0.1, 0.15) is 0 Å². The first-order chi connectivity index (χ1) is 15.6. The minimum absolute atomic E-state index is 0.0463. The Kier molecular flexibility index (Phi) is 7.92. The molecule has 1 N–H and O–H groups in total. The molecular weight excluding hydrogens is 438 g/mol. The Bertz CT molecular complexity index is 1050. The quantitative estimate of drug-likeness (QED) is 0.672. The molecule has 1 heterocycles. The maximum Gasteiger partial charge on any atom is 0.243 e. The van der Waals surface area contributed by atoms with Crippen LogP contribution in [0.25, 0.3) is 0 Å². The van der Waals surface area contributed by atoms with Crippen LogP contribution in [0.5, 0.6) is 0 Å². The van der Waals surface area contributed by atoms with Crippen LogP contribution in [0, 0.1) is 0 Å². The van der Waals surface area contributed by atoms with Gasteiger partial charge in [-0.3, -0.25) is 9.59 Å². The van der Waals surface area contributed by atoms with Crippen LogP contribution >= 0.6 is 0 Å². The molecule has 0 spiro atoms. The maximum atomic E-state index is 13.0. The van der Waals surface area contributed by atoms with Gasteiger partial charge in [-0.15, -0.1) is 0 Å². The van der Waals surface area contributed by atoms with Crippen molar-refractivity contribution in [2.75, 3.05) is 32.7 Å². The Hall–Kier alpha value is -2.71. The van der Waals surface area contributed by atoms with Crippen molar-refractivity contribution in [1.29, 1.82) is 0 Å². The van der Waals surface area contributed by atoms with Gasteiger partial charge in [-0.25, -0.2) is 8.42 Å². The monoisotopic (exact) mass is 471 g/mol. The average Bonchev–Trinajstić information content (AvgIpc) is 2.79. The predicted molar refractivity (Wildman–Crippen MR) is 128 cm³/mol. The molecule has 7 nitrogen and oxygen atoms in total. The summed E-state index contributed by atoms with van der Waals surface area (Å²) in [6.45, 7) is 7.73. The maximum absolute atomic E-state index is 13.0. The van der Waals surface area contributed by atoms with Crippen molar-refractivity contribution in [2.24, 2.45) is 0 Å². The summed E-state index contributed by atoms with van der Waals surface area (Å²) in [5, 5.41) is 2.78. The van der Waals surface area contributed by atoms with Crippen LogP contribution in [0.4, 0.5) is 0 Å². The van der Waals surface area contributed by atoms with Gasteiger partial charge in [0.25, 0.3) is 0 Å². The highest BCUT2D eigenvalue weighted by molar-refractivity contribution is 7.89. The Labute approximate surface area is 196 Å². The van der Waals surface area contributed by atoms with Gasteiger partial charge in [-0.2, -0.15) is 4.31 Å². The third-order valence-electron chi connectivity index (χ3n) is 5.82. The van der Waals surface area contributed by atoms with E-state index in [4.69, 9.17) is 0 Å². The van der Waals surface area contributed by atoms with E-state index in [2.05, 4.69) is 26.1 Å². The van der Waals surface area contributed by atoms with E-state index in [-0.39, 0.29) is 54.6 Å². The molecule has 1 fully saturated rings. The van der Waals surface area contributed by atoms with E-state index in [1.165, 1.54) is 4.31 Å². The van der Waals surface area contributed by atoms with Crippen LogP contribution in [-0.2, 0) is 31.4 Å². The molecular formula is C25H33N3O4S. The lowest BCUT2D eigenvalue weighted by Crippen LogP contribution is -2.50. The summed E-state index contributed by atoms with van der Waals surface area (Å²) in [6.07, 6.45) is 0.476. The van der Waals surface area contributed by atoms with Crippen molar-refractivity contribution in [2.45, 2.75) is 43.9 Å². The number of piperazine rings is 1. The van der Waals surface area contributed by atoms with Crippen LogP contribution in [0.2, 0.25) is 0 Å². The van der Waals surface area contributed by atoms with E-state index < -0.39 is 10.0 Å². The summed E-state index contributed by atoms with van der Waals surface area (Å²) in [5.74, 6) is -0.205. The summed E-state index contributed by atoms with van der Waals surface area (Å²) >= 11 is 0. The molecule has 0 saturated carbocycles. The molecule has 1 saturated heterocycles. The topological polar surface area (TPSA) is 86.8 Å². The molecule has 8 heteroatoms. The number of carbonyl (C=O) groups is 2. The molecule has 3 rings (SSSR count). The molecule has 0 bridgehead atoms. The van der Waals surface area contributed by atoms with E-state index in [1.807, 2.05) is 42.5 Å². The minimum atomic E-state index is -3.59. The minimum Gasteiger partial charge on any atom is -0.355 e. The zero-order valence-corrected chi connectivity index (χ0v) is 20.4. The second kappa shape index (κ2) is 10.5. The van der Waals surface area contributed by atoms with E-state index in [9.17, 15) is 18.0 Å².